The van der Waals surface area contributed by atoms with Crippen LogP contribution in [0.5, 0.6) is 0 Å². The molecule has 5 nitrogen and oxygen atoms in total. The molecule has 0 spiro atoms. The fourth-order valence-corrected chi connectivity index (χ4v) is 2.17. The van der Waals surface area contributed by atoms with E-state index in [1.54, 1.807) is 26.1 Å². The fourth-order valence-electron chi connectivity index (χ4n) is 2.17. The summed E-state index contributed by atoms with van der Waals surface area (Å²) in [5, 5.41) is 0. The number of carbonyl (C=O) groups excluding carboxylic acids is 2. The van der Waals surface area contributed by atoms with Crippen LogP contribution < -0.4 is 0 Å². The Morgan fingerprint density at radius 3 is 2.44 bits per heavy atom. The minimum Gasteiger partial charge on any atom is -0.451 e. The maximum absolute atomic E-state index is 13.2. The molecule has 2 unspecified atom stereocenters. The Morgan fingerprint density at radius 2 is 1.84 bits per heavy atom. The van der Waals surface area contributed by atoms with Crippen molar-refractivity contribution in [1.82, 2.24) is 4.90 Å². The van der Waals surface area contributed by atoms with Crippen molar-refractivity contribution < 1.29 is 23.5 Å². The van der Waals surface area contributed by atoms with Gasteiger partial charge in [-0.3, -0.25) is 4.79 Å². The van der Waals surface area contributed by atoms with Crippen molar-refractivity contribution >= 4 is 11.9 Å². The molecule has 2 atom stereocenters. The van der Waals surface area contributed by atoms with E-state index in [0.717, 1.165) is 6.42 Å². The van der Waals surface area contributed by atoms with Gasteiger partial charge in [0.25, 0.3) is 5.91 Å². The highest BCUT2D eigenvalue weighted by molar-refractivity contribution is 5.84. The number of nitrogens with zero attached hydrogens (tertiary/aromatic N) is 1. The third kappa shape index (κ3) is 7.65. The van der Waals surface area contributed by atoms with Crippen molar-refractivity contribution in [3.05, 3.63) is 35.6 Å². The standard InChI is InChI=1S/C19H28FNO4/c1-13(2)9-10-24-15(4)19(23)25-14(3)18(22)21(5)12-16-7-6-8-17(20)11-16/h6-8,11,13-15H,9-10,12H2,1-5H3. The predicted molar refractivity (Wildman–Crippen MR) is 93.3 cm³/mol. The molecular weight excluding hydrogens is 325 g/mol. The van der Waals surface area contributed by atoms with Crippen LogP contribution in [0.1, 0.15) is 39.7 Å². The number of halogens is 1. The van der Waals surface area contributed by atoms with E-state index >= 15 is 0 Å². The smallest absolute Gasteiger partial charge is 0.335 e. The number of carbonyl (C=O) groups is 2. The molecular formula is C19H28FNO4. The molecule has 1 amide bonds. The van der Waals surface area contributed by atoms with Gasteiger partial charge in [-0.1, -0.05) is 26.0 Å². The highest BCUT2D eigenvalue weighted by Gasteiger charge is 2.24. The van der Waals surface area contributed by atoms with Gasteiger partial charge < -0.3 is 14.4 Å². The van der Waals surface area contributed by atoms with Gasteiger partial charge in [0, 0.05) is 20.2 Å². The number of benzene rings is 1. The summed E-state index contributed by atoms with van der Waals surface area (Å²) in [5.74, 6) is -0.791. The topological polar surface area (TPSA) is 55.8 Å². The summed E-state index contributed by atoms with van der Waals surface area (Å²) < 4.78 is 23.8. The van der Waals surface area contributed by atoms with Crippen LogP contribution in [0.3, 0.4) is 0 Å². The molecule has 6 heteroatoms. The minimum absolute atomic E-state index is 0.235. The van der Waals surface area contributed by atoms with Crippen molar-refractivity contribution in [3.8, 4) is 0 Å². The molecule has 0 aromatic heterocycles. The van der Waals surface area contributed by atoms with Gasteiger partial charge in [0.2, 0.25) is 0 Å². The summed E-state index contributed by atoms with van der Waals surface area (Å²) >= 11 is 0. The average molecular weight is 353 g/mol. The van der Waals surface area contributed by atoms with Crippen LogP contribution in [-0.2, 0) is 25.6 Å². The molecule has 1 rings (SSSR count). The third-order valence-corrected chi connectivity index (χ3v) is 3.72. The second kappa shape index (κ2) is 10.1. The second-order valence-electron chi connectivity index (χ2n) is 6.60. The summed E-state index contributed by atoms with van der Waals surface area (Å²) in [6, 6.07) is 6.03. The van der Waals surface area contributed by atoms with E-state index in [2.05, 4.69) is 13.8 Å². The van der Waals surface area contributed by atoms with Gasteiger partial charge in [0.05, 0.1) is 0 Å². The number of likely N-dealkylation sites (N-methyl/N-ethyl adjacent to an activating group) is 1. The van der Waals surface area contributed by atoms with Crippen LogP contribution >= 0.6 is 0 Å². The summed E-state index contributed by atoms with van der Waals surface area (Å²) in [6.45, 7) is 7.97. The number of amides is 1. The molecule has 0 saturated carbocycles. The number of hydrogen-bond donors (Lipinski definition) is 0. The van der Waals surface area contributed by atoms with Crippen molar-refractivity contribution in [3.63, 3.8) is 0 Å². The Morgan fingerprint density at radius 1 is 1.16 bits per heavy atom. The average Bonchev–Trinajstić information content (AvgIpc) is 2.53. The molecule has 140 valence electrons. The summed E-state index contributed by atoms with van der Waals surface area (Å²) in [6.07, 6.45) is -0.799. The van der Waals surface area contributed by atoms with E-state index in [4.69, 9.17) is 9.47 Å². The zero-order valence-corrected chi connectivity index (χ0v) is 15.6. The largest absolute Gasteiger partial charge is 0.451 e. The van der Waals surface area contributed by atoms with Crippen LogP contribution in [0.15, 0.2) is 24.3 Å². The molecule has 0 radical (unpaired) electrons. The Balaban J connectivity index is 2.47. The van der Waals surface area contributed by atoms with E-state index in [9.17, 15) is 14.0 Å². The maximum atomic E-state index is 13.2. The first-order valence-electron chi connectivity index (χ1n) is 8.52. The summed E-state index contributed by atoms with van der Waals surface area (Å²) in [7, 11) is 1.58. The highest BCUT2D eigenvalue weighted by Crippen LogP contribution is 2.09. The van der Waals surface area contributed by atoms with Crippen LogP contribution in [0.4, 0.5) is 4.39 Å². The lowest BCUT2D eigenvalue weighted by atomic mass is 10.1. The molecule has 0 aliphatic carbocycles. The molecule has 0 heterocycles. The zero-order valence-electron chi connectivity index (χ0n) is 15.6. The van der Waals surface area contributed by atoms with Crippen molar-refractivity contribution in [1.29, 1.82) is 0 Å². The number of ether oxygens (including phenoxy) is 2. The minimum atomic E-state index is -0.929. The van der Waals surface area contributed by atoms with E-state index in [1.165, 1.54) is 24.0 Å². The lowest BCUT2D eigenvalue weighted by Crippen LogP contribution is -2.39. The molecule has 1 aromatic carbocycles. The quantitative estimate of drug-likeness (QED) is 0.640. The maximum Gasteiger partial charge on any atom is 0.335 e. The third-order valence-electron chi connectivity index (χ3n) is 3.72. The van der Waals surface area contributed by atoms with Gasteiger partial charge in [-0.25, -0.2) is 9.18 Å². The molecule has 0 fully saturated rings. The molecule has 0 aliphatic rings. The lowest BCUT2D eigenvalue weighted by Gasteiger charge is -2.23. The second-order valence-corrected chi connectivity index (χ2v) is 6.60. The van der Waals surface area contributed by atoms with Crippen molar-refractivity contribution in [2.45, 2.75) is 52.9 Å². The van der Waals surface area contributed by atoms with Crippen LogP contribution in [0.25, 0.3) is 0 Å². The summed E-state index contributed by atoms with van der Waals surface area (Å²) in [4.78, 5) is 25.7. The fraction of sp³-hybridized carbons (Fsp3) is 0.579. The molecule has 0 N–H and O–H groups in total. The van der Waals surface area contributed by atoms with E-state index in [-0.39, 0.29) is 18.3 Å². The summed E-state index contributed by atoms with van der Waals surface area (Å²) in [5.41, 5.74) is 0.666. The van der Waals surface area contributed by atoms with Crippen molar-refractivity contribution in [2.75, 3.05) is 13.7 Å². The first-order valence-corrected chi connectivity index (χ1v) is 8.52. The van der Waals surface area contributed by atoms with Crippen LogP contribution in [0.2, 0.25) is 0 Å². The zero-order chi connectivity index (χ0) is 19.0. The van der Waals surface area contributed by atoms with Crippen LogP contribution in [0, 0.1) is 11.7 Å². The molecule has 1 aromatic rings. The number of esters is 1. The van der Waals surface area contributed by atoms with Crippen LogP contribution in [-0.4, -0.2) is 42.6 Å². The van der Waals surface area contributed by atoms with E-state index < -0.39 is 18.2 Å². The molecule has 0 aliphatic heterocycles. The van der Waals surface area contributed by atoms with Crippen molar-refractivity contribution in [2.24, 2.45) is 5.92 Å². The molecule has 0 bridgehead atoms. The van der Waals surface area contributed by atoms with Gasteiger partial charge in [-0.2, -0.15) is 0 Å². The Bertz CT molecular complexity index is 576. The first kappa shape index (κ1) is 21.1. The Hall–Kier alpha value is -1.95. The Labute approximate surface area is 149 Å². The molecule has 25 heavy (non-hydrogen) atoms. The first-order chi connectivity index (χ1) is 11.7. The lowest BCUT2D eigenvalue weighted by molar-refractivity contribution is -0.167. The van der Waals surface area contributed by atoms with E-state index in [0.29, 0.717) is 18.1 Å². The van der Waals surface area contributed by atoms with Gasteiger partial charge >= 0.3 is 5.97 Å². The number of hydrogen-bond acceptors (Lipinski definition) is 4. The Kier molecular flexibility index (Phi) is 8.55. The van der Waals surface area contributed by atoms with Gasteiger partial charge in [-0.15, -0.1) is 0 Å². The normalized spacial score (nSPS) is 13.4. The SMILES string of the molecule is CC(C)CCOC(C)C(=O)OC(C)C(=O)N(C)Cc1cccc(F)c1. The monoisotopic (exact) mass is 353 g/mol. The predicted octanol–water partition coefficient (Wildman–Crippen LogP) is 3.17. The van der Waals surface area contributed by atoms with E-state index in [1.807, 2.05) is 0 Å². The van der Waals surface area contributed by atoms with Gasteiger partial charge in [0.1, 0.15) is 5.82 Å². The van der Waals surface area contributed by atoms with Gasteiger partial charge in [-0.05, 0) is 43.9 Å². The molecule has 0 saturated heterocycles. The van der Waals surface area contributed by atoms with Gasteiger partial charge in [0.15, 0.2) is 12.2 Å². The highest BCUT2D eigenvalue weighted by atomic mass is 19.1. The number of rotatable bonds is 9.